The molecule has 39 heavy (non-hydrogen) atoms. The van der Waals surface area contributed by atoms with Crippen molar-refractivity contribution in [2.75, 3.05) is 42.6 Å². The molecule has 0 N–H and O–H groups in total. The summed E-state index contributed by atoms with van der Waals surface area (Å²) in [5.74, 6) is -1.54. The number of imide groups is 1. The van der Waals surface area contributed by atoms with Crippen LogP contribution in [0.3, 0.4) is 0 Å². The molecule has 2 fully saturated rings. The lowest BCUT2D eigenvalue weighted by Gasteiger charge is -2.38. The summed E-state index contributed by atoms with van der Waals surface area (Å²) in [5.41, 5.74) is 2.09. The number of ether oxygens (including phenoxy) is 1. The van der Waals surface area contributed by atoms with E-state index in [-0.39, 0.29) is 29.6 Å². The zero-order chi connectivity index (χ0) is 27.5. The minimum atomic E-state index is -0.665. The third kappa shape index (κ3) is 6.06. The van der Waals surface area contributed by atoms with Gasteiger partial charge >= 0.3 is 5.97 Å². The topological polar surface area (TPSA) is 87.2 Å². The lowest BCUT2D eigenvalue weighted by molar-refractivity contribution is -0.123. The van der Waals surface area contributed by atoms with E-state index >= 15 is 0 Å². The number of rotatable bonds is 7. The molecule has 2 saturated heterocycles. The van der Waals surface area contributed by atoms with Crippen LogP contribution in [0.2, 0.25) is 5.02 Å². The molecule has 0 aliphatic carbocycles. The highest BCUT2D eigenvalue weighted by atomic mass is 79.9. The Morgan fingerprint density at radius 1 is 0.872 bits per heavy atom. The minimum absolute atomic E-state index is 0.109. The van der Waals surface area contributed by atoms with Gasteiger partial charge in [-0.05, 0) is 54.6 Å². The van der Waals surface area contributed by atoms with Crippen LogP contribution in [0.1, 0.15) is 27.1 Å². The molecule has 1 unspecified atom stereocenters. The number of ketones is 1. The molecule has 1 atom stereocenters. The summed E-state index contributed by atoms with van der Waals surface area (Å²) in [6, 6.07) is 20.0. The first-order valence-electron chi connectivity index (χ1n) is 12.5. The number of anilines is 2. The third-order valence-electron chi connectivity index (χ3n) is 6.91. The van der Waals surface area contributed by atoms with Gasteiger partial charge in [0.1, 0.15) is 0 Å². The molecule has 2 aliphatic rings. The summed E-state index contributed by atoms with van der Waals surface area (Å²) in [6.07, 6.45) is 0.109. The van der Waals surface area contributed by atoms with E-state index in [0.29, 0.717) is 29.4 Å². The molecule has 2 heterocycles. The second kappa shape index (κ2) is 11.7. The van der Waals surface area contributed by atoms with Crippen molar-refractivity contribution in [2.45, 2.75) is 12.5 Å². The number of esters is 1. The Hall–Kier alpha value is -3.53. The van der Waals surface area contributed by atoms with Crippen molar-refractivity contribution in [1.29, 1.82) is 0 Å². The Labute approximate surface area is 239 Å². The van der Waals surface area contributed by atoms with Gasteiger partial charge in [-0.3, -0.25) is 19.3 Å². The van der Waals surface area contributed by atoms with Gasteiger partial charge in [0.25, 0.3) is 5.91 Å². The summed E-state index contributed by atoms with van der Waals surface area (Å²) in [6.45, 7) is 2.35. The highest BCUT2D eigenvalue weighted by molar-refractivity contribution is 9.10. The largest absolute Gasteiger partial charge is 0.454 e. The quantitative estimate of drug-likeness (QED) is 0.220. The molecule has 0 aromatic heterocycles. The number of carbonyl (C=O) groups excluding carboxylic acids is 4. The number of hydrogen-bond acceptors (Lipinski definition) is 7. The fraction of sp³-hybridized carbons (Fsp3) is 0.241. The van der Waals surface area contributed by atoms with E-state index in [1.807, 2.05) is 24.3 Å². The predicted octanol–water partition coefficient (Wildman–Crippen LogP) is 4.60. The van der Waals surface area contributed by atoms with Gasteiger partial charge in [0, 0.05) is 46.9 Å². The highest BCUT2D eigenvalue weighted by Crippen LogP contribution is 2.28. The van der Waals surface area contributed by atoms with E-state index in [4.69, 9.17) is 16.3 Å². The van der Waals surface area contributed by atoms with E-state index in [1.165, 1.54) is 17.0 Å². The lowest BCUT2D eigenvalue weighted by atomic mass is 10.1. The summed E-state index contributed by atoms with van der Waals surface area (Å²) in [7, 11) is 0. The summed E-state index contributed by atoms with van der Waals surface area (Å²) < 4.78 is 6.00. The molecule has 10 heteroatoms. The number of piperazine rings is 1. The molecule has 0 radical (unpaired) electrons. The number of nitrogens with zero attached hydrogens (tertiary/aromatic N) is 3. The van der Waals surface area contributed by atoms with E-state index in [0.717, 1.165) is 23.2 Å². The molecular formula is C29H25BrClN3O5. The Kier molecular flexibility index (Phi) is 8.11. The molecule has 0 bridgehead atoms. The van der Waals surface area contributed by atoms with E-state index in [1.54, 1.807) is 36.4 Å². The van der Waals surface area contributed by atoms with E-state index in [9.17, 15) is 19.2 Å². The second-order valence-corrected chi connectivity index (χ2v) is 10.7. The first kappa shape index (κ1) is 27.1. The Morgan fingerprint density at radius 3 is 2.21 bits per heavy atom. The summed E-state index contributed by atoms with van der Waals surface area (Å²) >= 11 is 9.43. The molecule has 5 rings (SSSR count). The van der Waals surface area contributed by atoms with Crippen molar-refractivity contribution in [1.82, 2.24) is 4.90 Å². The van der Waals surface area contributed by atoms with Gasteiger partial charge < -0.3 is 9.64 Å². The van der Waals surface area contributed by atoms with Crippen LogP contribution >= 0.6 is 27.5 Å². The van der Waals surface area contributed by atoms with Gasteiger partial charge in [-0.1, -0.05) is 45.7 Å². The van der Waals surface area contributed by atoms with Crippen LogP contribution in [0.15, 0.2) is 77.3 Å². The van der Waals surface area contributed by atoms with Crippen molar-refractivity contribution >= 4 is 62.5 Å². The van der Waals surface area contributed by atoms with Crippen molar-refractivity contribution < 1.29 is 23.9 Å². The number of halogens is 2. The molecule has 2 aliphatic heterocycles. The summed E-state index contributed by atoms with van der Waals surface area (Å²) in [4.78, 5) is 56.3. The van der Waals surface area contributed by atoms with Crippen molar-refractivity contribution in [3.05, 3.63) is 93.4 Å². The Bertz CT molecular complexity index is 1410. The first-order valence-corrected chi connectivity index (χ1v) is 13.6. The van der Waals surface area contributed by atoms with Crippen LogP contribution in [-0.4, -0.2) is 67.3 Å². The molecule has 2 amide bonds. The van der Waals surface area contributed by atoms with Gasteiger partial charge in [0.2, 0.25) is 5.91 Å². The van der Waals surface area contributed by atoms with Crippen LogP contribution in [-0.2, 0) is 14.3 Å². The van der Waals surface area contributed by atoms with Gasteiger partial charge in [-0.2, -0.15) is 0 Å². The second-order valence-electron chi connectivity index (χ2n) is 9.34. The standard InChI is InChI=1S/C29H25BrClN3O5/c30-21-8-4-19(5-9-21)26(35)18-39-29(38)20-6-10-23(11-7-20)34-27(36)17-25(28(34)37)33-14-12-32(13-15-33)24-3-1-2-22(31)16-24/h1-11,16,25H,12-15,17-18H2. The monoisotopic (exact) mass is 609 g/mol. The van der Waals surface area contributed by atoms with Crippen LogP contribution in [0.4, 0.5) is 11.4 Å². The average Bonchev–Trinajstić information content (AvgIpc) is 3.25. The number of benzene rings is 3. The van der Waals surface area contributed by atoms with Crippen LogP contribution < -0.4 is 9.80 Å². The fourth-order valence-electron chi connectivity index (χ4n) is 4.82. The third-order valence-corrected chi connectivity index (χ3v) is 7.68. The maximum atomic E-state index is 13.3. The molecule has 3 aromatic rings. The average molecular weight is 611 g/mol. The smallest absolute Gasteiger partial charge is 0.338 e. The highest BCUT2D eigenvalue weighted by Gasteiger charge is 2.43. The molecule has 200 valence electrons. The van der Waals surface area contributed by atoms with E-state index in [2.05, 4.69) is 25.7 Å². The van der Waals surface area contributed by atoms with Gasteiger partial charge in [0.05, 0.1) is 23.7 Å². The lowest BCUT2D eigenvalue weighted by Crippen LogP contribution is -2.52. The zero-order valence-electron chi connectivity index (χ0n) is 20.9. The first-order chi connectivity index (χ1) is 18.8. The molecule has 0 saturated carbocycles. The molecule has 0 spiro atoms. The molecule has 8 nitrogen and oxygen atoms in total. The predicted molar refractivity (Wildman–Crippen MR) is 151 cm³/mol. The SMILES string of the molecule is O=C(COC(=O)c1ccc(N2C(=O)CC(N3CCN(c4cccc(Cl)c4)CC3)C2=O)cc1)c1ccc(Br)cc1. The normalized spacial score (nSPS) is 17.9. The number of carbonyl (C=O) groups is 4. The van der Waals surface area contributed by atoms with Crippen LogP contribution in [0.5, 0.6) is 0 Å². The van der Waals surface area contributed by atoms with Crippen molar-refractivity contribution in [3.8, 4) is 0 Å². The van der Waals surface area contributed by atoms with Crippen molar-refractivity contribution in [3.63, 3.8) is 0 Å². The van der Waals surface area contributed by atoms with E-state index < -0.39 is 18.6 Å². The van der Waals surface area contributed by atoms with Crippen LogP contribution in [0, 0.1) is 0 Å². The number of amides is 2. The number of hydrogen-bond donors (Lipinski definition) is 0. The maximum Gasteiger partial charge on any atom is 0.338 e. The van der Waals surface area contributed by atoms with Gasteiger partial charge in [0.15, 0.2) is 12.4 Å². The van der Waals surface area contributed by atoms with Gasteiger partial charge in [-0.25, -0.2) is 9.69 Å². The van der Waals surface area contributed by atoms with Crippen LogP contribution in [0.25, 0.3) is 0 Å². The van der Waals surface area contributed by atoms with Gasteiger partial charge in [-0.15, -0.1) is 0 Å². The minimum Gasteiger partial charge on any atom is -0.454 e. The summed E-state index contributed by atoms with van der Waals surface area (Å²) in [5, 5.41) is 0.677. The zero-order valence-corrected chi connectivity index (χ0v) is 23.2. The molecule has 3 aromatic carbocycles. The van der Waals surface area contributed by atoms with Crippen molar-refractivity contribution in [2.24, 2.45) is 0 Å². The Balaban J connectivity index is 1.17. The maximum absolute atomic E-state index is 13.3. The fourth-order valence-corrected chi connectivity index (χ4v) is 5.27. The molecular weight excluding hydrogens is 586 g/mol. The Morgan fingerprint density at radius 2 is 1.54 bits per heavy atom. The number of Topliss-reactive ketones (excluding diaryl/α,β-unsaturated/α-hetero) is 1.